The summed E-state index contributed by atoms with van der Waals surface area (Å²) in [4.78, 5) is 0. The lowest BCUT2D eigenvalue weighted by Crippen LogP contribution is -2.11. The van der Waals surface area contributed by atoms with Crippen LogP contribution in [0.25, 0.3) is 0 Å². The van der Waals surface area contributed by atoms with Gasteiger partial charge in [0.15, 0.2) is 0 Å². The molecule has 0 unspecified atom stereocenters. The van der Waals surface area contributed by atoms with Crippen LogP contribution in [0.3, 0.4) is 0 Å². The van der Waals surface area contributed by atoms with Crippen molar-refractivity contribution in [3.05, 3.63) is 23.8 Å². The molecular formula is C14H23NO4. The number of ether oxygens (including phenoxy) is 4. The minimum Gasteiger partial charge on any atom is -0.491 e. The molecule has 19 heavy (non-hydrogen) atoms. The highest BCUT2D eigenvalue weighted by Crippen LogP contribution is 2.25. The zero-order valence-corrected chi connectivity index (χ0v) is 11.9. The zero-order chi connectivity index (χ0) is 13.9. The van der Waals surface area contributed by atoms with Gasteiger partial charge in [-0.3, -0.25) is 0 Å². The van der Waals surface area contributed by atoms with Crippen LogP contribution in [0.5, 0.6) is 11.5 Å². The van der Waals surface area contributed by atoms with Gasteiger partial charge in [0.1, 0.15) is 24.7 Å². The maximum Gasteiger partial charge on any atom is 0.127 e. The SMILES string of the molecule is CNCc1ccc(OCCOC)cc1OCCOC. The van der Waals surface area contributed by atoms with Crippen LogP contribution >= 0.6 is 0 Å². The summed E-state index contributed by atoms with van der Waals surface area (Å²) in [6.45, 7) is 2.93. The topological polar surface area (TPSA) is 49.0 Å². The smallest absolute Gasteiger partial charge is 0.127 e. The van der Waals surface area contributed by atoms with Gasteiger partial charge in [0.25, 0.3) is 0 Å². The van der Waals surface area contributed by atoms with E-state index in [4.69, 9.17) is 18.9 Å². The average Bonchev–Trinajstić information content (AvgIpc) is 2.42. The first-order chi connectivity index (χ1) is 9.31. The molecule has 0 aromatic heterocycles. The average molecular weight is 269 g/mol. The number of methoxy groups -OCH3 is 2. The maximum absolute atomic E-state index is 5.70. The molecule has 0 saturated carbocycles. The van der Waals surface area contributed by atoms with Crippen LogP contribution < -0.4 is 14.8 Å². The molecule has 1 aromatic carbocycles. The minimum absolute atomic E-state index is 0.523. The van der Waals surface area contributed by atoms with Crippen molar-refractivity contribution in [3.8, 4) is 11.5 Å². The molecule has 0 heterocycles. The lowest BCUT2D eigenvalue weighted by atomic mass is 10.2. The third-order valence-corrected chi connectivity index (χ3v) is 2.51. The molecule has 0 spiro atoms. The Morgan fingerprint density at radius 3 is 2.26 bits per heavy atom. The molecule has 1 rings (SSSR count). The number of rotatable bonds is 10. The van der Waals surface area contributed by atoms with Crippen molar-refractivity contribution >= 4 is 0 Å². The van der Waals surface area contributed by atoms with Crippen molar-refractivity contribution in [2.75, 3.05) is 47.7 Å². The first kappa shape index (κ1) is 15.8. The van der Waals surface area contributed by atoms with E-state index in [2.05, 4.69) is 5.32 Å². The van der Waals surface area contributed by atoms with Gasteiger partial charge >= 0.3 is 0 Å². The fourth-order valence-corrected chi connectivity index (χ4v) is 1.57. The lowest BCUT2D eigenvalue weighted by Gasteiger charge is -2.13. The highest BCUT2D eigenvalue weighted by atomic mass is 16.5. The first-order valence-corrected chi connectivity index (χ1v) is 6.32. The molecule has 0 aliphatic heterocycles. The van der Waals surface area contributed by atoms with Gasteiger partial charge in [0, 0.05) is 32.4 Å². The Morgan fingerprint density at radius 2 is 1.63 bits per heavy atom. The van der Waals surface area contributed by atoms with E-state index in [0.717, 1.165) is 23.6 Å². The molecule has 0 saturated heterocycles. The van der Waals surface area contributed by atoms with Gasteiger partial charge in [-0.05, 0) is 13.1 Å². The van der Waals surface area contributed by atoms with Crippen LogP contribution in [0.2, 0.25) is 0 Å². The summed E-state index contributed by atoms with van der Waals surface area (Å²) in [5.41, 5.74) is 1.10. The minimum atomic E-state index is 0.523. The van der Waals surface area contributed by atoms with Crippen molar-refractivity contribution in [1.29, 1.82) is 0 Å². The van der Waals surface area contributed by atoms with Crippen molar-refractivity contribution in [1.82, 2.24) is 5.32 Å². The Balaban J connectivity index is 2.66. The molecule has 0 amide bonds. The molecule has 0 atom stereocenters. The van der Waals surface area contributed by atoms with Gasteiger partial charge < -0.3 is 24.3 Å². The van der Waals surface area contributed by atoms with Crippen LogP contribution in [-0.2, 0) is 16.0 Å². The normalized spacial score (nSPS) is 10.5. The summed E-state index contributed by atoms with van der Waals surface area (Å²) in [7, 11) is 5.21. The molecule has 1 N–H and O–H groups in total. The van der Waals surface area contributed by atoms with E-state index in [-0.39, 0.29) is 0 Å². The largest absolute Gasteiger partial charge is 0.491 e. The van der Waals surface area contributed by atoms with E-state index in [0.29, 0.717) is 26.4 Å². The van der Waals surface area contributed by atoms with Crippen LogP contribution in [0.1, 0.15) is 5.56 Å². The van der Waals surface area contributed by atoms with Crippen molar-refractivity contribution in [3.63, 3.8) is 0 Å². The predicted molar refractivity (Wildman–Crippen MR) is 73.9 cm³/mol. The third kappa shape index (κ3) is 5.92. The van der Waals surface area contributed by atoms with Crippen LogP contribution in [-0.4, -0.2) is 47.7 Å². The number of benzene rings is 1. The van der Waals surface area contributed by atoms with Gasteiger partial charge in [-0.25, -0.2) is 0 Å². The predicted octanol–water partition coefficient (Wildman–Crippen LogP) is 1.46. The van der Waals surface area contributed by atoms with E-state index >= 15 is 0 Å². The summed E-state index contributed by atoms with van der Waals surface area (Å²) in [5.74, 6) is 1.60. The summed E-state index contributed by atoms with van der Waals surface area (Å²) in [6, 6.07) is 5.84. The molecule has 0 radical (unpaired) electrons. The van der Waals surface area contributed by atoms with Gasteiger partial charge in [0.05, 0.1) is 13.2 Å². The second-order valence-electron chi connectivity index (χ2n) is 3.98. The fraction of sp³-hybridized carbons (Fsp3) is 0.571. The molecular weight excluding hydrogens is 246 g/mol. The van der Waals surface area contributed by atoms with Crippen molar-refractivity contribution < 1.29 is 18.9 Å². The molecule has 0 aliphatic rings. The third-order valence-electron chi connectivity index (χ3n) is 2.51. The molecule has 0 fully saturated rings. The monoisotopic (exact) mass is 269 g/mol. The van der Waals surface area contributed by atoms with E-state index in [1.165, 1.54) is 0 Å². The number of hydrogen-bond donors (Lipinski definition) is 1. The van der Waals surface area contributed by atoms with Crippen molar-refractivity contribution in [2.45, 2.75) is 6.54 Å². The summed E-state index contributed by atoms with van der Waals surface area (Å²) in [5, 5.41) is 3.11. The Morgan fingerprint density at radius 1 is 0.947 bits per heavy atom. The van der Waals surface area contributed by atoms with Crippen LogP contribution in [0, 0.1) is 0 Å². The summed E-state index contributed by atoms with van der Waals surface area (Å²) >= 11 is 0. The standard InChI is InChI=1S/C14H23NO4/c1-15-11-12-4-5-13(18-8-6-16-2)10-14(12)19-9-7-17-3/h4-5,10,15H,6-9,11H2,1-3H3. The van der Waals surface area contributed by atoms with E-state index in [1.54, 1.807) is 14.2 Å². The Labute approximate surface area is 114 Å². The summed E-state index contributed by atoms with van der Waals surface area (Å²) < 4.78 is 21.2. The zero-order valence-electron chi connectivity index (χ0n) is 11.9. The second kappa shape index (κ2) is 9.61. The number of nitrogens with one attached hydrogen (secondary N) is 1. The van der Waals surface area contributed by atoms with Crippen LogP contribution in [0.15, 0.2) is 18.2 Å². The highest BCUT2D eigenvalue weighted by molar-refractivity contribution is 5.40. The van der Waals surface area contributed by atoms with E-state index in [1.807, 2.05) is 25.2 Å². The molecule has 5 heteroatoms. The molecule has 108 valence electrons. The van der Waals surface area contributed by atoms with Gasteiger partial charge in [-0.15, -0.1) is 0 Å². The molecule has 5 nitrogen and oxygen atoms in total. The van der Waals surface area contributed by atoms with Gasteiger partial charge in [0.2, 0.25) is 0 Å². The molecule has 1 aromatic rings. The fourth-order valence-electron chi connectivity index (χ4n) is 1.57. The molecule has 0 aliphatic carbocycles. The van der Waals surface area contributed by atoms with E-state index in [9.17, 15) is 0 Å². The Bertz CT molecular complexity index is 357. The van der Waals surface area contributed by atoms with Gasteiger partial charge in [-0.1, -0.05) is 6.07 Å². The quantitative estimate of drug-likeness (QED) is 0.652. The Kier molecular flexibility index (Phi) is 7.97. The maximum atomic E-state index is 5.70. The van der Waals surface area contributed by atoms with Crippen molar-refractivity contribution in [2.24, 2.45) is 0 Å². The lowest BCUT2D eigenvalue weighted by molar-refractivity contribution is 0.142. The number of hydrogen-bond acceptors (Lipinski definition) is 5. The Hall–Kier alpha value is -1.30. The summed E-state index contributed by atoms with van der Waals surface area (Å²) in [6.07, 6.45) is 0. The van der Waals surface area contributed by atoms with Crippen LogP contribution in [0.4, 0.5) is 0 Å². The molecule has 0 bridgehead atoms. The van der Waals surface area contributed by atoms with E-state index < -0.39 is 0 Å². The van der Waals surface area contributed by atoms with Gasteiger partial charge in [-0.2, -0.15) is 0 Å². The highest BCUT2D eigenvalue weighted by Gasteiger charge is 2.06. The second-order valence-corrected chi connectivity index (χ2v) is 3.98. The first-order valence-electron chi connectivity index (χ1n) is 6.32.